The predicted molar refractivity (Wildman–Crippen MR) is 230 cm³/mol. The van der Waals surface area contributed by atoms with Gasteiger partial charge in [0.05, 0.1) is 12.2 Å². The number of hydrogen-bond acceptors (Lipinski definition) is 9. The summed E-state index contributed by atoms with van der Waals surface area (Å²) in [5.74, 6) is -5.42. The van der Waals surface area contributed by atoms with Gasteiger partial charge < -0.3 is 29.3 Å². The fourth-order valence-electron chi connectivity index (χ4n) is 10.1. The summed E-state index contributed by atoms with van der Waals surface area (Å²) in [7, 11) is 1.98. The molecule has 2 bridgehead atoms. The van der Waals surface area contributed by atoms with E-state index in [1.165, 1.54) is 6.92 Å². The molecular formula is C48H73FN2O8. The highest BCUT2D eigenvalue weighted by molar-refractivity contribution is 6.08. The van der Waals surface area contributed by atoms with Crippen molar-refractivity contribution < 1.29 is 43.2 Å². The van der Waals surface area contributed by atoms with E-state index in [0.717, 1.165) is 37.4 Å². The lowest BCUT2D eigenvalue weighted by Gasteiger charge is -2.48. The van der Waals surface area contributed by atoms with E-state index in [1.807, 2.05) is 77.2 Å². The summed E-state index contributed by atoms with van der Waals surface area (Å²) in [6, 6.07) is 9.68. The molecule has 4 rings (SSSR count). The number of carbonyl (C=O) groups excluding carboxylic acids is 3. The van der Waals surface area contributed by atoms with Crippen LogP contribution in [0.15, 0.2) is 53.0 Å². The molecule has 0 unspecified atom stereocenters. The van der Waals surface area contributed by atoms with Crippen LogP contribution in [0.1, 0.15) is 133 Å². The van der Waals surface area contributed by atoms with Gasteiger partial charge in [-0.2, -0.15) is 0 Å². The average molecular weight is 825 g/mol. The molecule has 2 saturated heterocycles. The van der Waals surface area contributed by atoms with Gasteiger partial charge >= 0.3 is 5.97 Å². The molecule has 1 aliphatic carbocycles. The van der Waals surface area contributed by atoms with Crippen molar-refractivity contribution in [1.82, 2.24) is 4.90 Å². The third-order valence-electron chi connectivity index (χ3n) is 13.6. The smallest absolute Gasteiger partial charge is 0.351 e. The van der Waals surface area contributed by atoms with Gasteiger partial charge in [0.25, 0.3) is 5.67 Å². The van der Waals surface area contributed by atoms with Crippen molar-refractivity contribution in [1.29, 1.82) is 0 Å². The number of benzene rings is 1. The number of nitrogens with zero attached hydrogens (tertiary/aromatic N) is 2. The topological polar surface area (TPSA) is 135 Å². The second-order valence-corrected chi connectivity index (χ2v) is 18.5. The Bertz CT molecular complexity index is 1680. The summed E-state index contributed by atoms with van der Waals surface area (Å²) in [4.78, 5) is 48.2. The number of alkyl halides is 1. The highest BCUT2D eigenvalue weighted by atomic mass is 19.1. The highest BCUT2D eigenvalue weighted by Gasteiger charge is 2.55. The van der Waals surface area contributed by atoms with Gasteiger partial charge in [-0.3, -0.25) is 9.59 Å². The zero-order chi connectivity index (χ0) is 43.9. The van der Waals surface area contributed by atoms with E-state index in [0.29, 0.717) is 44.2 Å². The second-order valence-electron chi connectivity index (χ2n) is 18.5. The molecule has 13 atom stereocenters. The van der Waals surface area contributed by atoms with Crippen LogP contribution in [0.3, 0.4) is 0 Å². The Morgan fingerprint density at radius 3 is 2.37 bits per heavy atom. The number of aliphatic hydroxyl groups is 2. The average Bonchev–Trinajstić information content (AvgIpc) is 3.20. The number of likely N-dealkylation sites (N-methyl/N-ethyl adjacent to an activating group) is 1. The maximum Gasteiger partial charge on any atom is 0.351 e. The van der Waals surface area contributed by atoms with E-state index >= 15 is 4.39 Å². The molecule has 2 heterocycles. The number of cyclic esters (lactones) is 1. The van der Waals surface area contributed by atoms with Gasteiger partial charge in [0, 0.05) is 30.5 Å². The maximum absolute atomic E-state index is 17.0. The van der Waals surface area contributed by atoms with Crippen molar-refractivity contribution in [2.75, 3.05) is 13.6 Å². The molecule has 11 heteroatoms. The molecule has 10 nitrogen and oxygen atoms in total. The zero-order valence-corrected chi connectivity index (χ0v) is 37.6. The van der Waals surface area contributed by atoms with Gasteiger partial charge in [-0.15, -0.1) is 0 Å². The number of ether oxygens (including phenoxy) is 3. The lowest BCUT2D eigenvalue weighted by atomic mass is 9.65. The van der Waals surface area contributed by atoms with Crippen molar-refractivity contribution in [2.45, 2.75) is 175 Å². The molecule has 0 radical (unpaired) electrons. The number of esters is 1. The molecule has 1 saturated carbocycles. The van der Waals surface area contributed by atoms with E-state index in [2.05, 4.69) is 22.9 Å². The number of unbranched alkanes of at least 4 members (excludes halogenated alkanes) is 1. The molecule has 2 N–H and O–H groups in total. The quantitative estimate of drug-likeness (QED) is 0.186. The van der Waals surface area contributed by atoms with Gasteiger partial charge in [-0.25, -0.2) is 14.2 Å². The van der Waals surface area contributed by atoms with Crippen LogP contribution in [-0.4, -0.2) is 100 Å². The van der Waals surface area contributed by atoms with Crippen molar-refractivity contribution in [3.8, 4) is 0 Å². The lowest BCUT2D eigenvalue weighted by Crippen LogP contribution is -2.59. The van der Waals surface area contributed by atoms with Crippen LogP contribution in [0, 0.1) is 29.1 Å². The first-order valence-corrected chi connectivity index (χ1v) is 22.0. The van der Waals surface area contributed by atoms with E-state index < -0.39 is 70.8 Å². The first kappa shape index (κ1) is 48.6. The van der Waals surface area contributed by atoms with E-state index in [1.54, 1.807) is 20.8 Å². The largest absolute Gasteiger partial charge is 0.457 e. The molecule has 59 heavy (non-hydrogen) atoms. The lowest BCUT2D eigenvalue weighted by molar-refractivity contribution is -0.287. The van der Waals surface area contributed by atoms with Crippen LogP contribution < -0.4 is 0 Å². The molecule has 0 aromatic heterocycles. The predicted octanol–water partition coefficient (Wildman–Crippen LogP) is 8.47. The molecule has 1 amide bonds. The van der Waals surface area contributed by atoms with Crippen LogP contribution in [-0.2, 0) is 28.6 Å². The Morgan fingerprint density at radius 2 is 1.75 bits per heavy atom. The minimum atomic E-state index is -3.08. The van der Waals surface area contributed by atoms with Crippen LogP contribution in [0.2, 0.25) is 0 Å². The number of aliphatic imine (C=N–C) groups is 1. The normalized spacial score (nSPS) is 39.5. The fraction of sp³-hybridized carbons (Fsp3) is 0.708. The van der Waals surface area contributed by atoms with E-state index in [4.69, 9.17) is 14.2 Å². The summed E-state index contributed by atoms with van der Waals surface area (Å²) in [5.41, 5.74) is -2.99. The Hall–Kier alpha value is -3.09. The number of rotatable bonds is 9. The summed E-state index contributed by atoms with van der Waals surface area (Å²) in [5, 5.41) is 24.5. The van der Waals surface area contributed by atoms with Crippen molar-refractivity contribution in [2.24, 2.45) is 34.1 Å². The van der Waals surface area contributed by atoms with E-state index in [9.17, 15) is 24.6 Å². The molecular weight excluding hydrogens is 752 g/mol. The van der Waals surface area contributed by atoms with Gasteiger partial charge in [-0.1, -0.05) is 102 Å². The maximum atomic E-state index is 17.0. The van der Waals surface area contributed by atoms with Gasteiger partial charge in [-0.05, 0) is 109 Å². The molecule has 1 aromatic carbocycles. The second kappa shape index (κ2) is 20.6. The molecule has 330 valence electrons. The fourth-order valence-corrected chi connectivity index (χ4v) is 10.1. The first-order valence-electron chi connectivity index (χ1n) is 22.0. The van der Waals surface area contributed by atoms with Crippen LogP contribution in [0.25, 0.3) is 6.08 Å². The monoisotopic (exact) mass is 825 g/mol. The van der Waals surface area contributed by atoms with Gasteiger partial charge in [0.15, 0.2) is 12.1 Å². The Balaban J connectivity index is 1.98. The van der Waals surface area contributed by atoms with Crippen LogP contribution in [0.4, 0.5) is 4.39 Å². The van der Waals surface area contributed by atoms with Crippen molar-refractivity contribution >= 4 is 29.4 Å². The number of halogens is 1. The number of Topliss-reactive ketones (excluding diaryl/α,β-unsaturated/α-hetero) is 1. The third-order valence-corrected chi connectivity index (χ3v) is 13.6. The number of aliphatic hydroxyl groups excluding tert-OH is 1. The highest BCUT2D eigenvalue weighted by Crippen LogP contribution is 2.48. The van der Waals surface area contributed by atoms with E-state index in [-0.39, 0.29) is 30.4 Å². The number of carbonyl (C=O) groups is 3. The molecule has 3 fully saturated rings. The zero-order valence-electron chi connectivity index (χ0n) is 37.6. The van der Waals surface area contributed by atoms with Crippen LogP contribution in [0.5, 0.6) is 0 Å². The minimum absolute atomic E-state index is 0.145. The summed E-state index contributed by atoms with van der Waals surface area (Å²) in [6.45, 7) is 18.0. The Labute approximate surface area is 353 Å². The summed E-state index contributed by atoms with van der Waals surface area (Å²) >= 11 is 0. The first-order chi connectivity index (χ1) is 27.7. The van der Waals surface area contributed by atoms with Crippen molar-refractivity contribution in [3.05, 3.63) is 53.6 Å². The Kier molecular flexibility index (Phi) is 17.0. The minimum Gasteiger partial charge on any atom is -0.457 e. The number of amides is 1. The standard InChI is InChI=1S/C48H73FN2O8/c1-12-14-27-51(11)38-28-31(4)57-44(41(38)53)59-43-33(6)42(54)47(9,49)45(55)58-39(13-2)48(10,56)37-24-23-36(22-18-21-35-19-16-15-17-20-35)25-26-46(43,8)29-30(3)40(32(37)5)50-34(7)52/h15-22,30-33,37-39,41,43-44,53,56H,12-14,23-29H2,1-11H3/b21-18+,36-22+,50-40?/t30-,31-,32-,33+,37-,38+,39-,41-,43-,44+,46-,47+,48+/m1/s1. The Morgan fingerprint density at radius 1 is 1.07 bits per heavy atom. The number of ketones is 1. The molecule has 0 spiro atoms. The summed E-state index contributed by atoms with van der Waals surface area (Å²) in [6.07, 6.45) is 6.42. The van der Waals surface area contributed by atoms with Crippen LogP contribution >= 0.6 is 0 Å². The SMILES string of the molecule is CCCCN(C)[C@H]1C[C@@H](C)O[C@@H](O[C@@H]2[C@@H](C)C(=O)[C@](C)(F)C(=O)O[C@H](CC)[C@@](C)(O)[C@@H]3CC/C(=C\C=C\c4ccccc4)CC[C@]2(C)C[C@@H](C)C(=NC(C)=O)[C@@H]3C)[C@@H]1O. The third kappa shape index (κ3) is 11.6. The summed E-state index contributed by atoms with van der Waals surface area (Å²) < 4.78 is 36.2. The van der Waals surface area contributed by atoms with Crippen molar-refractivity contribution in [3.63, 3.8) is 0 Å². The van der Waals surface area contributed by atoms with Gasteiger partial charge in [0.1, 0.15) is 17.8 Å². The number of hydrogen-bond donors (Lipinski definition) is 2. The molecule has 2 aliphatic heterocycles. The van der Waals surface area contributed by atoms with Gasteiger partial charge in [0.2, 0.25) is 5.91 Å². The number of allylic oxidation sites excluding steroid dienone is 3. The molecule has 3 aliphatic rings. The molecule has 1 aromatic rings. The number of fused-ring (bicyclic) bond motifs is 5.